The van der Waals surface area contributed by atoms with Crippen molar-refractivity contribution < 1.29 is 0 Å². The molecule has 0 saturated heterocycles. The average Bonchev–Trinajstić information content (AvgIpc) is 3.64. The van der Waals surface area contributed by atoms with Crippen LogP contribution in [0.5, 0.6) is 0 Å². The van der Waals surface area contributed by atoms with Crippen molar-refractivity contribution in [3.63, 3.8) is 0 Å². The first-order chi connectivity index (χ1) is 19.3. The van der Waals surface area contributed by atoms with Gasteiger partial charge in [0.1, 0.15) is 0 Å². The van der Waals surface area contributed by atoms with Crippen LogP contribution in [0.25, 0.3) is 65.5 Å². The fourth-order valence-corrected chi connectivity index (χ4v) is 8.03. The molecule has 186 valence electrons. The molecule has 0 atom stereocenters. The number of hydrogen-bond donors (Lipinski definition) is 0. The van der Waals surface area contributed by atoms with Gasteiger partial charge in [-0.2, -0.15) is 0 Å². The van der Waals surface area contributed by atoms with E-state index >= 15 is 0 Å². The number of fused-ring (bicyclic) bond motifs is 9. The fourth-order valence-electron chi connectivity index (χ4n) is 6.96. The van der Waals surface area contributed by atoms with E-state index in [1.54, 1.807) is 0 Å². The van der Waals surface area contributed by atoms with Crippen LogP contribution in [0.2, 0.25) is 0 Å². The Hall–Kier alpha value is -4.34. The third-order valence-corrected chi connectivity index (χ3v) is 9.80. The van der Waals surface area contributed by atoms with Crippen LogP contribution in [-0.4, -0.2) is 9.13 Å². The minimum Gasteiger partial charge on any atom is -0.313 e. The van der Waals surface area contributed by atoms with E-state index in [4.69, 9.17) is 0 Å². The van der Waals surface area contributed by atoms with Crippen LogP contribution in [-0.2, 0) is 12.8 Å². The summed E-state index contributed by atoms with van der Waals surface area (Å²) in [6.07, 6.45) is 13.6. The Labute approximate surface area is 230 Å². The summed E-state index contributed by atoms with van der Waals surface area (Å²) in [5.74, 6) is 0. The van der Waals surface area contributed by atoms with Crippen molar-refractivity contribution in [3.05, 3.63) is 120 Å². The van der Waals surface area contributed by atoms with Crippen molar-refractivity contribution >= 4 is 65.5 Å². The lowest BCUT2D eigenvalue weighted by Gasteiger charge is -2.14. The number of thiophene rings is 1. The van der Waals surface area contributed by atoms with Gasteiger partial charge in [0.05, 0.1) is 11.0 Å². The summed E-state index contributed by atoms with van der Waals surface area (Å²) < 4.78 is 7.70. The zero-order valence-electron chi connectivity index (χ0n) is 21.5. The van der Waals surface area contributed by atoms with E-state index in [0.717, 1.165) is 25.7 Å². The van der Waals surface area contributed by atoms with Crippen molar-refractivity contribution in [2.45, 2.75) is 25.7 Å². The molecule has 2 aliphatic carbocycles. The van der Waals surface area contributed by atoms with E-state index in [9.17, 15) is 0 Å². The Morgan fingerprint density at radius 1 is 0.513 bits per heavy atom. The molecule has 2 nitrogen and oxygen atoms in total. The molecule has 0 radical (unpaired) electrons. The van der Waals surface area contributed by atoms with Gasteiger partial charge >= 0.3 is 0 Å². The number of para-hydroxylation sites is 2. The number of benzene rings is 4. The predicted molar refractivity (Wildman–Crippen MR) is 168 cm³/mol. The summed E-state index contributed by atoms with van der Waals surface area (Å²) in [6, 6.07) is 31.8. The van der Waals surface area contributed by atoms with Crippen LogP contribution < -0.4 is 0 Å². The van der Waals surface area contributed by atoms with E-state index in [1.807, 2.05) is 11.3 Å². The second-order valence-electron chi connectivity index (χ2n) is 10.8. The van der Waals surface area contributed by atoms with E-state index in [2.05, 4.69) is 118 Å². The van der Waals surface area contributed by atoms with Crippen molar-refractivity contribution in [1.29, 1.82) is 0 Å². The quantitative estimate of drug-likeness (QED) is 0.215. The fraction of sp³-hybridized carbons (Fsp3) is 0.111. The van der Waals surface area contributed by atoms with Gasteiger partial charge in [0, 0.05) is 64.8 Å². The highest BCUT2D eigenvalue weighted by Gasteiger charge is 2.21. The number of allylic oxidation sites excluding steroid dienone is 2. The average molecular weight is 519 g/mol. The lowest BCUT2D eigenvalue weighted by molar-refractivity contribution is 0.889. The van der Waals surface area contributed by atoms with Crippen LogP contribution in [0.4, 0.5) is 0 Å². The molecule has 0 saturated carbocycles. The highest BCUT2D eigenvalue weighted by Crippen LogP contribution is 2.40. The monoisotopic (exact) mass is 518 g/mol. The SMILES string of the molecule is C1=Cc2c(n(-c3ccc4sc5ccc(-n6c7c(c8ccccc86)C=CCC7)cc5c4c3)c3ccccc23)CC1. The van der Waals surface area contributed by atoms with E-state index in [1.165, 1.54) is 75.9 Å². The Morgan fingerprint density at radius 3 is 1.51 bits per heavy atom. The number of aromatic nitrogens is 2. The minimum atomic E-state index is 1.08. The summed E-state index contributed by atoms with van der Waals surface area (Å²) in [5.41, 5.74) is 10.7. The molecule has 9 rings (SSSR count). The molecule has 39 heavy (non-hydrogen) atoms. The molecule has 2 aliphatic rings. The molecule has 3 heterocycles. The Kier molecular flexibility index (Phi) is 4.47. The second-order valence-corrected chi connectivity index (χ2v) is 11.9. The lowest BCUT2D eigenvalue weighted by Crippen LogP contribution is -2.03. The van der Waals surface area contributed by atoms with Crippen LogP contribution in [0, 0.1) is 0 Å². The van der Waals surface area contributed by atoms with Crippen LogP contribution >= 0.6 is 11.3 Å². The first kappa shape index (κ1) is 21.6. The molecule has 7 aromatic rings. The van der Waals surface area contributed by atoms with Gasteiger partial charge in [0.2, 0.25) is 0 Å². The molecule has 0 fully saturated rings. The molecular weight excluding hydrogens is 492 g/mol. The predicted octanol–water partition coefficient (Wildman–Crippen LogP) is 9.86. The number of hydrogen-bond acceptors (Lipinski definition) is 1. The van der Waals surface area contributed by atoms with Gasteiger partial charge in [-0.15, -0.1) is 11.3 Å². The molecule has 3 aromatic heterocycles. The van der Waals surface area contributed by atoms with Crippen LogP contribution in [0.3, 0.4) is 0 Å². The highest BCUT2D eigenvalue weighted by molar-refractivity contribution is 7.25. The van der Waals surface area contributed by atoms with Crippen molar-refractivity contribution in [2.75, 3.05) is 0 Å². The Balaban J connectivity index is 1.29. The smallest absolute Gasteiger partial charge is 0.0537 e. The van der Waals surface area contributed by atoms with Crippen molar-refractivity contribution in [2.24, 2.45) is 0 Å². The molecule has 3 heteroatoms. The van der Waals surface area contributed by atoms with Gasteiger partial charge in [-0.1, -0.05) is 60.7 Å². The third kappa shape index (κ3) is 3.02. The maximum atomic E-state index is 2.50. The summed E-state index contributed by atoms with van der Waals surface area (Å²) >= 11 is 1.90. The summed E-state index contributed by atoms with van der Waals surface area (Å²) in [6.45, 7) is 0. The largest absolute Gasteiger partial charge is 0.313 e. The van der Waals surface area contributed by atoms with Gasteiger partial charge in [0.25, 0.3) is 0 Å². The van der Waals surface area contributed by atoms with Gasteiger partial charge in [-0.05, 0) is 74.2 Å². The zero-order valence-corrected chi connectivity index (χ0v) is 22.3. The highest BCUT2D eigenvalue weighted by atomic mass is 32.1. The molecule has 0 N–H and O–H groups in total. The minimum absolute atomic E-state index is 1.08. The molecule has 0 spiro atoms. The van der Waals surface area contributed by atoms with Crippen LogP contribution in [0.15, 0.2) is 97.1 Å². The van der Waals surface area contributed by atoms with Gasteiger partial charge in [-0.25, -0.2) is 0 Å². The van der Waals surface area contributed by atoms with Gasteiger partial charge in [0.15, 0.2) is 0 Å². The second kappa shape index (κ2) is 8.08. The van der Waals surface area contributed by atoms with Gasteiger partial charge in [-0.3, -0.25) is 0 Å². The standard InChI is InChI=1S/C36H26N2S/c1-5-13-31-25(9-1)26-10-2-6-14-32(26)37(31)23-17-19-35-29(21-23)30-22-24(18-20-36(30)39-35)38-33-15-7-3-11-27(33)28-12-4-8-16-34(28)38/h1-5,7,9-13,15,17-22H,6,8,14,16H2. The van der Waals surface area contributed by atoms with E-state index < -0.39 is 0 Å². The van der Waals surface area contributed by atoms with E-state index in [0.29, 0.717) is 0 Å². The molecule has 4 aromatic carbocycles. The number of rotatable bonds is 2. The lowest BCUT2D eigenvalue weighted by atomic mass is 10.0. The Morgan fingerprint density at radius 2 is 1.00 bits per heavy atom. The van der Waals surface area contributed by atoms with E-state index in [-0.39, 0.29) is 0 Å². The number of nitrogens with zero attached hydrogens (tertiary/aromatic N) is 2. The summed E-state index contributed by atoms with van der Waals surface area (Å²) in [4.78, 5) is 0. The molecular formula is C36H26N2S. The van der Waals surface area contributed by atoms with Crippen molar-refractivity contribution in [3.8, 4) is 11.4 Å². The van der Waals surface area contributed by atoms with Gasteiger partial charge < -0.3 is 9.13 Å². The van der Waals surface area contributed by atoms with Crippen LogP contribution in [0.1, 0.15) is 35.4 Å². The third-order valence-electron chi connectivity index (χ3n) is 8.65. The normalized spacial score (nSPS) is 14.6. The molecule has 0 bridgehead atoms. The summed E-state index contributed by atoms with van der Waals surface area (Å²) in [7, 11) is 0. The first-order valence-corrected chi connectivity index (χ1v) is 14.7. The first-order valence-electron chi connectivity index (χ1n) is 13.9. The zero-order chi connectivity index (χ0) is 25.5. The maximum absolute atomic E-state index is 2.50. The summed E-state index contributed by atoms with van der Waals surface area (Å²) in [5, 5.41) is 5.38. The molecule has 0 amide bonds. The Bertz CT molecular complexity index is 2020. The molecule has 0 unspecified atom stereocenters. The topological polar surface area (TPSA) is 9.86 Å². The molecule has 0 aliphatic heterocycles. The van der Waals surface area contributed by atoms with Crippen molar-refractivity contribution in [1.82, 2.24) is 9.13 Å². The maximum Gasteiger partial charge on any atom is 0.0537 e.